The molecule has 1 aliphatic heterocycles. The minimum atomic E-state index is 0. The summed E-state index contributed by atoms with van der Waals surface area (Å²) in [6, 6.07) is 7.90. The van der Waals surface area contributed by atoms with Gasteiger partial charge in [-0.3, -0.25) is 4.79 Å². The van der Waals surface area contributed by atoms with Crippen LogP contribution in [0.1, 0.15) is 31.7 Å². The Morgan fingerprint density at radius 2 is 2.19 bits per heavy atom. The fourth-order valence-electron chi connectivity index (χ4n) is 2.85. The maximum Gasteiger partial charge on any atom is 0.222 e. The van der Waals surface area contributed by atoms with Crippen molar-refractivity contribution in [2.45, 2.75) is 32.7 Å². The van der Waals surface area contributed by atoms with Crippen LogP contribution in [-0.4, -0.2) is 49.6 Å². The Labute approximate surface area is 179 Å². The lowest BCUT2D eigenvalue weighted by Gasteiger charge is -2.16. The van der Waals surface area contributed by atoms with Crippen molar-refractivity contribution in [2.24, 2.45) is 4.99 Å². The first kappa shape index (κ1) is 23.3. The van der Waals surface area contributed by atoms with Gasteiger partial charge in [0.15, 0.2) is 5.96 Å². The Bertz CT molecular complexity index is 622. The molecule has 1 aliphatic rings. The topological polar surface area (TPSA) is 66.0 Å². The van der Waals surface area contributed by atoms with Crippen LogP contribution in [0.3, 0.4) is 0 Å². The minimum absolute atomic E-state index is 0. The second-order valence-electron chi connectivity index (χ2n) is 6.17. The number of aliphatic imine (C=N–C) groups is 1. The van der Waals surface area contributed by atoms with Crippen molar-refractivity contribution in [3.63, 3.8) is 0 Å². The van der Waals surface area contributed by atoms with Gasteiger partial charge in [0.1, 0.15) is 12.4 Å². The molecular weight excluding hydrogens is 455 g/mol. The zero-order valence-electron chi connectivity index (χ0n) is 16.1. The van der Waals surface area contributed by atoms with E-state index in [0.29, 0.717) is 19.6 Å². The standard InChI is InChI=1S/C20H30N4O2.HI/c1-3-15-26-18-10-6-5-9-17(18)16-23-20(21-4-2)22-12-8-14-24-13-7-11-19(24)25;/h3,5-6,9-10H,1,4,7-8,11-16H2,2H3,(H2,21,22,23);1H. The molecule has 1 amide bonds. The summed E-state index contributed by atoms with van der Waals surface area (Å²) >= 11 is 0. The molecule has 0 saturated carbocycles. The fourth-order valence-corrected chi connectivity index (χ4v) is 2.85. The summed E-state index contributed by atoms with van der Waals surface area (Å²) in [6.45, 7) is 10.0. The third-order valence-corrected chi connectivity index (χ3v) is 4.15. The molecule has 1 saturated heterocycles. The molecule has 2 rings (SSSR count). The van der Waals surface area contributed by atoms with E-state index in [9.17, 15) is 4.79 Å². The van der Waals surface area contributed by atoms with Crippen molar-refractivity contribution >= 4 is 35.8 Å². The number of amides is 1. The Hall–Kier alpha value is -1.77. The zero-order valence-corrected chi connectivity index (χ0v) is 18.4. The summed E-state index contributed by atoms with van der Waals surface area (Å²) in [5.41, 5.74) is 1.04. The third kappa shape index (κ3) is 8.19. The Kier molecular flexibility index (Phi) is 11.6. The van der Waals surface area contributed by atoms with Crippen LogP contribution in [0.2, 0.25) is 0 Å². The summed E-state index contributed by atoms with van der Waals surface area (Å²) in [5.74, 6) is 1.89. The van der Waals surface area contributed by atoms with Crippen LogP contribution >= 0.6 is 24.0 Å². The monoisotopic (exact) mass is 486 g/mol. The predicted molar refractivity (Wildman–Crippen MR) is 121 cm³/mol. The van der Waals surface area contributed by atoms with E-state index in [0.717, 1.165) is 56.3 Å². The van der Waals surface area contributed by atoms with Gasteiger partial charge in [-0.25, -0.2) is 4.99 Å². The zero-order chi connectivity index (χ0) is 18.6. The highest BCUT2D eigenvalue weighted by molar-refractivity contribution is 14.0. The molecule has 27 heavy (non-hydrogen) atoms. The van der Waals surface area contributed by atoms with Gasteiger partial charge < -0.3 is 20.3 Å². The lowest BCUT2D eigenvalue weighted by Crippen LogP contribution is -2.39. The Morgan fingerprint density at radius 3 is 2.89 bits per heavy atom. The summed E-state index contributed by atoms with van der Waals surface area (Å²) < 4.78 is 5.68. The van der Waals surface area contributed by atoms with Gasteiger partial charge in [0.25, 0.3) is 0 Å². The van der Waals surface area contributed by atoms with E-state index in [-0.39, 0.29) is 29.9 Å². The van der Waals surface area contributed by atoms with Gasteiger partial charge in [0, 0.05) is 38.2 Å². The summed E-state index contributed by atoms with van der Waals surface area (Å²) in [7, 11) is 0. The van der Waals surface area contributed by atoms with Gasteiger partial charge in [-0.1, -0.05) is 30.9 Å². The molecule has 1 aromatic rings. The number of rotatable bonds is 10. The van der Waals surface area contributed by atoms with Crippen LogP contribution in [0.5, 0.6) is 5.75 Å². The molecule has 1 aromatic carbocycles. The maximum absolute atomic E-state index is 11.6. The molecule has 2 N–H and O–H groups in total. The highest BCUT2D eigenvalue weighted by Gasteiger charge is 2.18. The highest BCUT2D eigenvalue weighted by atomic mass is 127. The molecule has 0 spiro atoms. The number of ether oxygens (including phenoxy) is 1. The number of carbonyl (C=O) groups excluding carboxylic acids is 1. The van der Waals surface area contributed by atoms with Gasteiger partial charge in [0.2, 0.25) is 5.91 Å². The average Bonchev–Trinajstić information content (AvgIpc) is 3.07. The number of hydrogen-bond acceptors (Lipinski definition) is 3. The number of para-hydroxylation sites is 1. The number of nitrogens with zero attached hydrogens (tertiary/aromatic N) is 2. The first-order chi connectivity index (χ1) is 12.7. The van der Waals surface area contributed by atoms with Crippen LogP contribution in [0.4, 0.5) is 0 Å². The normalized spacial score (nSPS) is 13.9. The highest BCUT2D eigenvalue weighted by Crippen LogP contribution is 2.18. The van der Waals surface area contributed by atoms with Crippen molar-refractivity contribution in [2.75, 3.05) is 32.8 Å². The summed E-state index contributed by atoms with van der Waals surface area (Å²) in [4.78, 5) is 18.2. The van der Waals surface area contributed by atoms with Crippen molar-refractivity contribution in [1.82, 2.24) is 15.5 Å². The minimum Gasteiger partial charge on any atom is -0.489 e. The van der Waals surface area contributed by atoms with E-state index in [2.05, 4.69) is 22.2 Å². The van der Waals surface area contributed by atoms with Gasteiger partial charge in [0.05, 0.1) is 6.54 Å². The van der Waals surface area contributed by atoms with E-state index in [1.54, 1.807) is 6.08 Å². The molecule has 0 radical (unpaired) electrons. The van der Waals surface area contributed by atoms with Crippen LogP contribution in [0, 0.1) is 0 Å². The molecule has 1 heterocycles. The van der Waals surface area contributed by atoms with Crippen molar-refractivity contribution in [3.8, 4) is 5.75 Å². The molecule has 0 unspecified atom stereocenters. The molecular formula is C20H31IN4O2. The third-order valence-electron chi connectivity index (χ3n) is 4.15. The second kappa shape index (κ2) is 13.4. The number of likely N-dealkylation sites (tertiary alicyclic amines) is 1. The fraction of sp³-hybridized carbons (Fsp3) is 0.500. The quantitative estimate of drug-likeness (QED) is 0.176. The molecule has 0 aromatic heterocycles. The number of hydrogen-bond donors (Lipinski definition) is 2. The lowest BCUT2D eigenvalue weighted by atomic mass is 10.2. The molecule has 150 valence electrons. The predicted octanol–water partition coefficient (Wildman–Crippen LogP) is 2.94. The number of benzene rings is 1. The lowest BCUT2D eigenvalue weighted by molar-refractivity contribution is -0.127. The first-order valence-corrected chi connectivity index (χ1v) is 9.36. The number of carbonyl (C=O) groups is 1. The number of guanidine groups is 1. The maximum atomic E-state index is 11.6. The SMILES string of the molecule is C=CCOc1ccccc1CN=C(NCC)NCCCN1CCCC1=O.I. The van der Waals surface area contributed by atoms with Crippen molar-refractivity contribution in [1.29, 1.82) is 0 Å². The Balaban J connectivity index is 0.00000364. The second-order valence-corrected chi connectivity index (χ2v) is 6.17. The van der Waals surface area contributed by atoms with Gasteiger partial charge >= 0.3 is 0 Å². The molecule has 0 bridgehead atoms. The van der Waals surface area contributed by atoms with E-state index < -0.39 is 0 Å². The number of nitrogens with one attached hydrogen (secondary N) is 2. The largest absolute Gasteiger partial charge is 0.489 e. The van der Waals surface area contributed by atoms with Crippen LogP contribution in [0.25, 0.3) is 0 Å². The van der Waals surface area contributed by atoms with Crippen molar-refractivity contribution in [3.05, 3.63) is 42.5 Å². The number of halogens is 1. The average molecular weight is 486 g/mol. The van der Waals surface area contributed by atoms with E-state index in [1.807, 2.05) is 36.1 Å². The molecule has 6 nitrogen and oxygen atoms in total. The smallest absolute Gasteiger partial charge is 0.222 e. The van der Waals surface area contributed by atoms with E-state index >= 15 is 0 Å². The van der Waals surface area contributed by atoms with E-state index in [4.69, 9.17) is 4.74 Å². The van der Waals surface area contributed by atoms with Crippen LogP contribution < -0.4 is 15.4 Å². The van der Waals surface area contributed by atoms with Gasteiger partial charge in [-0.05, 0) is 25.8 Å². The van der Waals surface area contributed by atoms with Crippen LogP contribution in [0.15, 0.2) is 41.9 Å². The molecule has 0 atom stereocenters. The van der Waals surface area contributed by atoms with E-state index in [1.165, 1.54) is 0 Å². The summed E-state index contributed by atoms with van der Waals surface area (Å²) in [6.07, 6.45) is 4.33. The summed E-state index contributed by atoms with van der Waals surface area (Å²) in [5, 5.41) is 6.59. The first-order valence-electron chi connectivity index (χ1n) is 9.36. The molecule has 0 aliphatic carbocycles. The van der Waals surface area contributed by atoms with Gasteiger partial charge in [-0.15, -0.1) is 24.0 Å². The molecule has 7 heteroatoms. The Morgan fingerprint density at radius 1 is 1.37 bits per heavy atom. The molecule has 1 fully saturated rings. The van der Waals surface area contributed by atoms with Gasteiger partial charge in [-0.2, -0.15) is 0 Å². The van der Waals surface area contributed by atoms with Crippen LogP contribution in [-0.2, 0) is 11.3 Å². The van der Waals surface area contributed by atoms with Crippen molar-refractivity contribution < 1.29 is 9.53 Å².